The maximum absolute atomic E-state index is 14.4. The summed E-state index contributed by atoms with van der Waals surface area (Å²) in [5.41, 5.74) is -3.43. The van der Waals surface area contributed by atoms with E-state index >= 15 is 0 Å². The van der Waals surface area contributed by atoms with E-state index in [1.165, 1.54) is 166 Å². The highest BCUT2D eigenvalue weighted by atomic mass is 32.2. The Morgan fingerprint density at radius 3 is 1.09 bits per heavy atom. The second-order valence-corrected chi connectivity index (χ2v) is 35.7. The van der Waals surface area contributed by atoms with Gasteiger partial charge >= 0.3 is 23.9 Å². The zero-order valence-corrected chi connectivity index (χ0v) is 74.1. The topological polar surface area (TPSA) is 327 Å². The van der Waals surface area contributed by atoms with Gasteiger partial charge in [-0.25, -0.2) is 4.79 Å². The van der Waals surface area contributed by atoms with Crippen molar-refractivity contribution >= 4 is 77.0 Å². The number of unbranched alkanes of at least 4 members (excludes halogenated alkanes) is 34. The first-order valence-corrected chi connectivity index (χ1v) is 44.8. The van der Waals surface area contributed by atoms with Gasteiger partial charge in [0.15, 0.2) is 6.04 Å². The van der Waals surface area contributed by atoms with Gasteiger partial charge in [0, 0.05) is 37.2 Å². The predicted molar refractivity (Wildman–Crippen MR) is 448 cm³/mol. The van der Waals surface area contributed by atoms with E-state index in [0.29, 0.717) is 19.3 Å². The third-order valence-electron chi connectivity index (χ3n) is 18.5. The molecule has 652 valence electrons. The van der Waals surface area contributed by atoms with Crippen molar-refractivity contribution in [3.05, 3.63) is 0 Å². The summed E-state index contributed by atoms with van der Waals surface area (Å²) in [6.07, 6.45) is 39.6. The molecule has 0 aromatic heterocycles. The van der Waals surface area contributed by atoms with Crippen LogP contribution in [0.2, 0.25) is 0 Å². The number of carbonyl (C=O) groups is 11. The van der Waals surface area contributed by atoms with Crippen molar-refractivity contribution in [2.75, 3.05) is 37.7 Å². The fourth-order valence-corrected chi connectivity index (χ4v) is 13.8. The SMILES string of the molecule is CCCCCCCCCCCCCCCC(=O)OC[C@@H](CSC[C@H](NC(=O)CCCCCCCCCCCCC)C(=O)NCC(=O)NCC(=O)NCC(=O)N[C@@H](CCC(=O)OC(C)(C)C)C(=O)N[C@H](C(=O)N[C@H](C(=O)OC(C)(C)C)[C@@H](C)OC(C)(C)C)[C@@H](C)OC(C)(C)C)OC(=O)CCCCCCCCCCCCCCC. The second-order valence-electron chi connectivity index (χ2n) is 34.6. The molecule has 0 rings (SSSR count). The van der Waals surface area contributed by atoms with Crippen LogP contribution in [0.4, 0.5) is 0 Å². The van der Waals surface area contributed by atoms with Gasteiger partial charge in [-0.1, -0.05) is 239 Å². The monoisotopic (exact) mass is 1610 g/mol. The molecule has 7 N–H and O–H groups in total. The number of rotatable bonds is 68. The molecule has 0 aliphatic heterocycles. The predicted octanol–water partition coefficient (Wildman–Crippen LogP) is 16.0. The first-order chi connectivity index (χ1) is 52.9. The van der Waals surface area contributed by atoms with Crippen LogP contribution in [0.25, 0.3) is 0 Å². The number of carbonyl (C=O) groups excluding carboxylic acids is 11. The summed E-state index contributed by atoms with van der Waals surface area (Å²) in [6.45, 7) is 28.3. The van der Waals surface area contributed by atoms with E-state index in [4.69, 9.17) is 28.4 Å². The molecule has 24 nitrogen and oxygen atoms in total. The molecular formula is C87H161N7O17S. The number of nitrogens with one attached hydrogen (secondary N) is 7. The lowest BCUT2D eigenvalue weighted by Crippen LogP contribution is -2.62. The van der Waals surface area contributed by atoms with Crippen molar-refractivity contribution in [3.8, 4) is 0 Å². The molecule has 0 aromatic rings. The molecule has 0 fully saturated rings. The third-order valence-corrected chi connectivity index (χ3v) is 19.7. The molecule has 0 radical (unpaired) electrons. The number of hydrogen-bond donors (Lipinski definition) is 7. The van der Waals surface area contributed by atoms with Gasteiger partial charge in [0.25, 0.3) is 0 Å². The normalized spacial score (nSPS) is 13.8. The highest BCUT2D eigenvalue weighted by Gasteiger charge is 2.40. The molecule has 112 heavy (non-hydrogen) atoms. The van der Waals surface area contributed by atoms with Gasteiger partial charge in [-0.3, -0.25) is 47.9 Å². The van der Waals surface area contributed by atoms with Crippen LogP contribution in [0.1, 0.15) is 387 Å². The minimum Gasteiger partial charge on any atom is -0.462 e. The van der Waals surface area contributed by atoms with Crippen LogP contribution in [0.5, 0.6) is 0 Å². The molecule has 0 aliphatic carbocycles. The van der Waals surface area contributed by atoms with Gasteiger partial charge < -0.3 is 65.6 Å². The molecule has 0 saturated carbocycles. The van der Waals surface area contributed by atoms with Gasteiger partial charge in [-0.05, 0) is 123 Å². The fourth-order valence-electron chi connectivity index (χ4n) is 12.7. The minimum absolute atomic E-state index is 0.00913. The highest BCUT2D eigenvalue weighted by molar-refractivity contribution is 7.99. The Balaban J connectivity index is 6.38. The first-order valence-electron chi connectivity index (χ1n) is 43.6. The number of thioether (sulfide) groups is 1. The maximum Gasteiger partial charge on any atom is 0.331 e. The largest absolute Gasteiger partial charge is 0.462 e. The molecule has 0 saturated heterocycles. The van der Waals surface area contributed by atoms with E-state index < -0.39 is 138 Å². The van der Waals surface area contributed by atoms with Crippen LogP contribution in [-0.4, -0.2) is 168 Å². The highest BCUT2D eigenvalue weighted by Crippen LogP contribution is 2.22. The molecule has 0 aliphatic rings. The molecule has 0 bridgehead atoms. The summed E-state index contributed by atoms with van der Waals surface area (Å²) < 4.78 is 35.1. The number of esters is 4. The minimum atomic E-state index is -1.51. The summed E-state index contributed by atoms with van der Waals surface area (Å²) in [5.74, 6) is -7.43. The van der Waals surface area contributed by atoms with E-state index in [1.54, 1.807) is 96.9 Å². The van der Waals surface area contributed by atoms with Gasteiger partial charge in [0.1, 0.15) is 42.0 Å². The van der Waals surface area contributed by atoms with Crippen molar-refractivity contribution in [2.24, 2.45) is 0 Å². The van der Waals surface area contributed by atoms with E-state index in [1.807, 2.05) is 0 Å². The van der Waals surface area contributed by atoms with E-state index in [2.05, 4.69) is 58.0 Å². The molecule has 0 spiro atoms. The Kier molecular flexibility index (Phi) is 60.5. The van der Waals surface area contributed by atoms with Crippen molar-refractivity contribution in [2.45, 2.75) is 452 Å². The summed E-state index contributed by atoms with van der Waals surface area (Å²) in [4.78, 5) is 150. The third kappa shape index (κ3) is 63.7. The summed E-state index contributed by atoms with van der Waals surface area (Å²) >= 11 is 1.23. The zero-order chi connectivity index (χ0) is 84.2. The van der Waals surface area contributed by atoms with Gasteiger partial charge in [-0.15, -0.1) is 0 Å². The Labute approximate surface area is 682 Å². The van der Waals surface area contributed by atoms with Crippen LogP contribution in [0.3, 0.4) is 0 Å². The Hall–Kier alpha value is -5.56. The number of ether oxygens (including phenoxy) is 6. The molecule has 7 atom stereocenters. The Bertz CT molecular complexity index is 2600. The summed E-state index contributed by atoms with van der Waals surface area (Å²) in [6, 6.07) is -5.51. The molecule has 25 heteroatoms. The Morgan fingerprint density at radius 1 is 0.321 bits per heavy atom. The van der Waals surface area contributed by atoms with Crippen molar-refractivity contribution < 1.29 is 81.2 Å². The number of amides is 7. The number of hydrogen-bond acceptors (Lipinski definition) is 18. The van der Waals surface area contributed by atoms with Crippen LogP contribution < -0.4 is 37.2 Å². The van der Waals surface area contributed by atoms with Gasteiger partial charge in [0.2, 0.25) is 41.4 Å². The maximum atomic E-state index is 14.4. The fraction of sp³-hybridized carbons (Fsp3) is 0.874. The first kappa shape index (κ1) is 106. The Morgan fingerprint density at radius 2 is 0.679 bits per heavy atom. The molecular weight excluding hydrogens is 1450 g/mol. The van der Waals surface area contributed by atoms with E-state index in [0.717, 1.165) is 64.2 Å². The van der Waals surface area contributed by atoms with E-state index in [-0.39, 0.29) is 62.1 Å². The standard InChI is InChI=1S/C87H161N7O17S/c1-18-21-24-27-30-33-36-38-41-44-47-50-53-56-75(99)106-63-68(107-76(100)57-54-51-48-45-42-39-37-34-31-28-25-22-19-2)64-112-65-70(92-71(95)55-52-49-46-43-40-35-32-29-26-23-20-3)80(102)90-61-73(97)88-60-72(96)89-62-74(98)91-69(58-59-77(101)110-86(12,13)14)81(103)93-78(66(4)108-84(6,7)8)82(104)94-79(67(5)109-85(9,10)11)83(105)111-87(15,16)17/h66-70,78-79H,18-65H2,1-17H3,(H,88,97)(H,89,96)(H,90,102)(H,91,98)(H,92,95)(H,93,103)(H,94,104)/t66-,67-,68+,69+,70+,78+,79+/m1/s1. The van der Waals surface area contributed by atoms with Gasteiger partial charge in [0.05, 0.1) is 43.0 Å². The average molecular weight is 1610 g/mol. The average Bonchev–Trinajstić information content (AvgIpc) is 0.829. The van der Waals surface area contributed by atoms with E-state index in [9.17, 15) is 52.7 Å². The van der Waals surface area contributed by atoms with Crippen LogP contribution in [0.15, 0.2) is 0 Å². The summed E-state index contributed by atoms with van der Waals surface area (Å²) in [7, 11) is 0. The lowest BCUT2D eigenvalue weighted by molar-refractivity contribution is -0.167. The molecule has 0 aromatic carbocycles. The summed E-state index contributed by atoms with van der Waals surface area (Å²) in [5, 5.41) is 18.1. The molecule has 0 heterocycles. The van der Waals surface area contributed by atoms with Crippen molar-refractivity contribution in [1.82, 2.24) is 37.2 Å². The van der Waals surface area contributed by atoms with Crippen molar-refractivity contribution in [1.29, 1.82) is 0 Å². The van der Waals surface area contributed by atoms with Gasteiger partial charge in [-0.2, -0.15) is 11.8 Å². The zero-order valence-electron chi connectivity index (χ0n) is 73.3. The van der Waals surface area contributed by atoms with Crippen LogP contribution >= 0.6 is 11.8 Å². The molecule has 7 amide bonds. The quantitative estimate of drug-likeness (QED) is 0.0169. The van der Waals surface area contributed by atoms with Crippen molar-refractivity contribution in [3.63, 3.8) is 0 Å². The van der Waals surface area contributed by atoms with Crippen LogP contribution in [-0.2, 0) is 81.2 Å². The second kappa shape index (κ2) is 63.6. The van der Waals surface area contributed by atoms with Crippen LogP contribution in [0, 0.1) is 0 Å². The lowest BCUT2D eigenvalue weighted by Gasteiger charge is -2.35. The molecule has 0 unspecified atom stereocenters. The lowest BCUT2D eigenvalue weighted by atomic mass is 10.0. The smallest absolute Gasteiger partial charge is 0.331 e.